The number of halogens is 1. The van der Waals surface area contributed by atoms with Crippen LogP contribution in [0.25, 0.3) is 0 Å². The van der Waals surface area contributed by atoms with E-state index in [1.54, 1.807) is 6.07 Å². The summed E-state index contributed by atoms with van der Waals surface area (Å²) in [4.78, 5) is 35.1. The summed E-state index contributed by atoms with van der Waals surface area (Å²) >= 11 is 0. The predicted molar refractivity (Wildman–Crippen MR) is 107 cm³/mol. The number of hydrogen-bond acceptors (Lipinski definition) is 6. The molecule has 3 amide bonds. The first-order valence-corrected chi connectivity index (χ1v) is 10.1. The average molecular weight is 405 g/mol. The lowest BCUT2D eigenvalue weighted by atomic mass is 9.98. The zero-order valence-corrected chi connectivity index (χ0v) is 16.4. The van der Waals surface area contributed by atoms with E-state index in [2.05, 4.69) is 26.6 Å². The molecule has 3 rings (SSSR count). The second-order valence-electron chi connectivity index (χ2n) is 7.50. The SMILES string of the molecule is O=C1CCC(NC(=O)c2ccc(NCCNCC3CCNCC3)cc2F)C(=O)N1. The van der Waals surface area contributed by atoms with Crippen molar-refractivity contribution in [2.45, 2.75) is 31.7 Å². The van der Waals surface area contributed by atoms with Crippen molar-refractivity contribution < 1.29 is 18.8 Å². The molecule has 1 unspecified atom stereocenters. The van der Waals surface area contributed by atoms with Crippen molar-refractivity contribution in [1.29, 1.82) is 0 Å². The van der Waals surface area contributed by atoms with Crippen LogP contribution < -0.4 is 26.6 Å². The molecule has 2 saturated heterocycles. The standard InChI is InChI=1S/C20H28FN5O3/c21-16-11-14(24-10-9-23-12-13-5-7-22-8-6-13)1-2-15(16)19(28)25-17-3-4-18(27)26-20(17)29/h1-2,11,13,17,22-24H,3-10,12H2,(H,25,28)(H,26,27,29). The molecule has 2 aliphatic heterocycles. The zero-order chi connectivity index (χ0) is 20.6. The van der Waals surface area contributed by atoms with Crippen LogP contribution in [0, 0.1) is 11.7 Å². The summed E-state index contributed by atoms with van der Waals surface area (Å²) < 4.78 is 14.4. The second kappa shape index (κ2) is 10.3. The minimum Gasteiger partial charge on any atom is -0.384 e. The fourth-order valence-electron chi connectivity index (χ4n) is 3.56. The summed E-state index contributed by atoms with van der Waals surface area (Å²) in [5.74, 6) is -1.57. The minimum atomic E-state index is -0.830. The van der Waals surface area contributed by atoms with E-state index < -0.39 is 23.7 Å². The van der Waals surface area contributed by atoms with Crippen molar-refractivity contribution >= 4 is 23.4 Å². The van der Waals surface area contributed by atoms with E-state index in [9.17, 15) is 18.8 Å². The highest BCUT2D eigenvalue weighted by molar-refractivity contribution is 6.03. The molecule has 9 heteroatoms. The van der Waals surface area contributed by atoms with Gasteiger partial charge < -0.3 is 21.3 Å². The largest absolute Gasteiger partial charge is 0.384 e. The summed E-state index contributed by atoms with van der Waals surface area (Å²) in [5.41, 5.74) is 0.452. The molecular weight excluding hydrogens is 377 g/mol. The van der Waals surface area contributed by atoms with Gasteiger partial charge >= 0.3 is 0 Å². The van der Waals surface area contributed by atoms with Gasteiger partial charge in [-0.1, -0.05) is 0 Å². The van der Waals surface area contributed by atoms with E-state index in [1.165, 1.54) is 25.0 Å². The van der Waals surface area contributed by atoms with E-state index in [1.807, 2.05) is 0 Å². The number of rotatable bonds is 8. The highest BCUT2D eigenvalue weighted by atomic mass is 19.1. The first kappa shape index (κ1) is 21.2. The van der Waals surface area contributed by atoms with E-state index in [4.69, 9.17) is 0 Å². The Morgan fingerprint density at radius 3 is 2.66 bits per heavy atom. The highest BCUT2D eigenvalue weighted by Gasteiger charge is 2.28. The molecule has 1 atom stereocenters. The molecule has 8 nitrogen and oxygen atoms in total. The second-order valence-corrected chi connectivity index (χ2v) is 7.50. The predicted octanol–water partition coefficient (Wildman–Crippen LogP) is 0.362. The molecule has 0 bridgehead atoms. The van der Waals surface area contributed by atoms with Crippen LogP contribution in [0.4, 0.5) is 10.1 Å². The first-order valence-electron chi connectivity index (χ1n) is 10.1. The number of imide groups is 1. The molecule has 1 aromatic carbocycles. The van der Waals surface area contributed by atoms with Crippen LogP contribution in [0.3, 0.4) is 0 Å². The van der Waals surface area contributed by atoms with Gasteiger partial charge in [0.25, 0.3) is 5.91 Å². The lowest BCUT2D eigenvalue weighted by Crippen LogP contribution is -2.52. The molecule has 1 aromatic rings. The summed E-state index contributed by atoms with van der Waals surface area (Å²) in [6, 6.07) is 3.46. The molecular formula is C20H28FN5O3. The summed E-state index contributed by atoms with van der Waals surface area (Å²) in [5, 5.41) is 14.5. The maximum absolute atomic E-state index is 14.4. The number of anilines is 1. The van der Waals surface area contributed by atoms with Crippen molar-refractivity contribution in [2.24, 2.45) is 5.92 Å². The van der Waals surface area contributed by atoms with Crippen LogP contribution in [0.15, 0.2) is 18.2 Å². The number of nitrogens with one attached hydrogen (secondary N) is 5. The number of carbonyl (C=O) groups excluding carboxylic acids is 3. The van der Waals surface area contributed by atoms with Gasteiger partial charge in [0, 0.05) is 25.2 Å². The van der Waals surface area contributed by atoms with E-state index >= 15 is 0 Å². The van der Waals surface area contributed by atoms with E-state index in [0.29, 0.717) is 18.2 Å². The van der Waals surface area contributed by atoms with Gasteiger partial charge in [0.1, 0.15) is 11.9 Å². The smallest absolute Gasteiger partial charge is 0.254 e. The van der Waals surface area contributed by atoms with Crippen LogP contribution in [-0.2, 0) is 9.59 Å². The quantitative estimate of drug-likeness (QED) is 0.316. The van der Waals surface area contributed by atoms with Crippen molar-refractivity contribution in [3.05, 3.63) is 29.6 Å². The fraction of sp³-hybridized carbons (Fsp3) is 0.550. The topological polar surface area (TPSA) is 111 Å². The van der Waals surface area contributed by atoms with Gasteiger partial charge in [0.15, 0.2) is 0 Å². The third-order valence-electron chi connectivity index (χ3n) is 5.28. The molecule has 29 heavy (non-hydrogen) atoms. The van der Waals surface area contributed by atoms with Crippen molar-refractivity contribution in [1.82, 2.24) is 21.3 Å². The van der Waals surface area contributed by atoms with Gasteiger partial charge in [-0.2, -0.15) is 0 Å². The lowest BCUT2D eigenvalue weighted by Gasteiger charge is -2.23. The number of amides is 3. The Kier molecular flexibility index (Phi) is 7.54. The Balaban J connectivity index is 1.42. The summed E-state index contributed by atoms with van der Waals surface area (Å²) in [7, 11) is 0. The monoisotopic (exact) mass is 405 g/mol. The Morgan fingerprint density at radius 2 is 1.93 bits per heavy atom. The molecule has 2 fully saturated rings. The Hall–Kier alpha value is -2.52. The van der Waals surface area contributed by atoms with Gasteiger partial charge in [0.05, 0.1) is 5.56 Å². The third-order valence-corrected chi connectivity index (χ3v) is 5.28. The van der Waals surface area contributed by atoms with Crippen LogP contribution in [0.2, 0.25) is 0 Å². The number of piperidine rings is 2. The molecule has 2 heterocycles. The molecule has 0 aromatic heterocycles. The van der Waals surface area contributed by atoms with Gasteiger partial charge in [-0.05, 0) is 63.0 Å². The van der Waals surface area contributed by atoms with Crippen molar-refractivity contribution in [3.63, 3.8) is 0 Å². The Morgan fingerprint density at radius 1 is 1.14 bits per heavy atom. The maximum Gasteiger partial charge on any atom is 0.254 e. The highest BCUT2D eigenvalue weighted by Crippen LogP contribution is 2.15. The van der Waals surface area contributed by atoms with E-state index in [-0.39, 0.29) is 24.3 Å². The van der Waals surface area contributed by atoms with E-state index in [0.717, 1.165) is 26.2 Å². The average Bonchev–Trinajstić information content (AvgIpc) is 2.70. The van der Waals surface area contributed by atoms with Crippen LogP contribution in [0.5, 0.6) is 0 Å². The number of carbonyl (C=O) groups is 3. The molecule has 2 aliphatic rings. The van der Waals surface area contributed by atoms with Crippen LogP contribution in [-0.4, -0.2) is 56.5 Å². The molecule has 0 saturated carbocycles. The van der Waals surface area contributed by atoms with Gasteiger partial charge in [0.2, 0.25) is 11.8 Å². The number of benzene rings is 1. The van der Waals surface area contributed by atoms with Gasteiger partial charge in [-0.25, -0.2) is 4.39 Å². The molecule has 5 N–H and O–H groups in total. The van der Waals surface area contributed by atoms with Crippen molar-refractivity contribution in [2.75, 3.05) is 38.0 Å². The third kappa shape index (κ3) is 6.23. The Labute approximate surface area is 169 Å². The molecule has 0 aliphatic carbocycles. The van der Waals surface area contributed by atoms with Gasteiger partial charge in [-0.3, -0.25) is 19.7 Å². The van der Waals surface area contributed by atoms with Crippen LogP contribution in [0.1, 0.15) is 36.0 Å². The van der Waals surface area contributed by atoms with Gasteiger partial charge in [-0.15, -0.1) is 0 Å². The molecule has 0 spiro atoms. The zero-order valence-electron chi connectivity index (χ0n) is 16.4. The lowest BCUT2D eigenvalue weighted by molar-refractivity contribution is -0.134. The fourth-order valence-corrected chi connectivity index (χ4v) is 3.56. The summed E-state index contributed by atoms with van der Waals surface area (Å²) in [6.45, 7) is 4.55. The Bertz CT molecular complexity index is 752. The first-order chi connectivity index (χ1) is 14.0. The molecule has 158 valence electrons. The minimum absolute atomic E-state index is 0.135. The normalized spacial score (nSPS) is 20.2. The van der Waals surface area contributed by atoms with Crippen molar-refractivity contribution in [3.8, 4) is 0 Å². The van der Waals surface area contributed by atoms with Crippen LogP contribution >= 0.6 is 0 Å². The molecule has 0 radical (unpaired) electrons. The number of hydrogen-bond donors (Lipinski definition) is 5. The maximum atomic E-state index is 14.4. The summed E-state index contributed by atoms with van der Waals surface area (Å²) in [6.07, 6.45) is 2.73.